The van der Waals surface area contributed by atoms with Gasteiger partial charge in [0.1, 0.15) is 24.7 Å². The summed E-state index contributed by atoms with van der Waals surface area (Å²) in [6.07, 6.45) is 5.59. The number of methoxy groups -OCH3 is 2. The molecule has 250 valence electrons. The second-order valence-electron chi connectivity index (χ2n) is 11.7. The Balaban J connectivity index is 1.08. The van der Waals surface area contributed by atoms with Crippen molar-refractivity contribution in [3.05, 3.63) is 72.6 Å². The van der Waals surface area contributed by atoms with Crippen LogP contribution in [0.1, 0.15) is 49.4 Å². The maximum atomic E-state index is 12.7. The van der Waals surface area contributed by atoms with Crippen LogP contribution in [0.4, 0.5) is 9.59 Å². The van der Waals surface area contributed by atoms with Crippen LogP contribution in [0.25, 0.3) is 33.6 Å². The Morgan fingerprint density at radius 1 is 0.667 bits per heavy atom. The summed E-state index contributed by atoms with van der Waals surface area (Å²) in [4.78, 5) is 67.7. The van der Waals surface area contributed by atoms with E-state index in [1.165, 1.54) is 14.2 Å². The molecular weight excluding hydrogens is 616 g/mol. The van der Waals surface area contributed by atoms with Crippen LogP contribution in [-0.2, 0) is 19.1 Å². The van der Waals surface area contributed by atoms with Crippen LogP contribution in [0.5, 0.6) is 0 Å². The molecule has 0 spiro atoms. The predicted octanol–water partition coefficient (Wildman–Crippen LogP) is 4.17. The van der Waals surface area contributed by atoms with E-state index in [1.54, 1.807) is 22.2 Å². The van der Waals surface area contributed by atoms with Crippen molar-refractivity contribution in [1.82, 2.24) is 40.4 Å². The number of hydrogen-bond acceptors (Lipinski definition) is 8. The molecule has 4 amide bonds. The van der Waals surface area contributed by atoms with Gasteiger partial charge < -0.3 is 39.9 Å². The van der Waals surface area contributed by atoms with Crippen LogP contribution in [-0.4, -0.2) is 94.1 Å². The van der Waals surface area contributed by atoms with Gasteiger partial charge in [-0.15, -0.1) is 0 Å². The van der Waals surface area contributed by atoms with Crippen LogP contribution in [0.15, 0.2) is 60.9 Å². The minimum Gasteiger partial charge on any atom is -0.453 e. The molecule has 2 aliphatic heterocycles. The molecule has 0 aliphatic carbocycles. The first-order valence-corrected chi connectivity index (χ1v) is 15.9. The lowest BCUT2D eigenvalue weighted by Gasteiger charge is -2.23. The Labute approximate surface area is 277 Å². The van der Waals surface area contributed by atoms with Crippen molar-refractivity contribution >= 4 is 24.0 Å². The minimum atomic E-state index is -0.638. The third-order valence-electron chi connectivity index (χ3n) is 8.83. The molecule has 2 atom stereocenters. The van der Waals surface area contributed by atoms with Gasteiger partial charge in [0.15, 0.2) is 0 Å². The average molecular weight is 655 g/mol. The third kappa shape index (κ3) is 7.01. The minimum absolute atomic E-state index is 0.123. The maximum Gasteiger partial charge on any atom is 0.407 e. The Bertz CT molecular complexity index is 1640. The predicted molar refractivity (Wildman–Crippen MR) is 175 cm³/mol. The quantitative estimate of drug-likeness (QED) is 0.208. The zero-order valence-corrected chi connectivity index (χ0v) is 26.8. The number of carbonyl (C=O) groups excluding carboxylic acids is 4. The first kappa shape index (κ1) is 32.3. The number of ether oxygens (including phenoxy) is 2. The van der Waals surface area contributed by atoms with Crippen LogP contribution in [0.2, 0.25) is 0 Å². The second-order valence-corrected chi connectivity index (χ2v) is 11.7. The zero-order chi connectivity index (χ0) is 33.6. The van der Waals surface area contributed by atoms with Crippen molar-refractivity contribution in [3.63, 3.8) is 0 Å². The number of alkyl carbamates (subject to hydrolysis) is 2. The Kier molecular flexibility index (Phi) is 9.69. The number of imidazole rings is 2. The summed E-state index contributed by atoms with van der Waals surface area (Å²) in [6, 6.07) is 16.0. The van der Waals surface area contributed by atoms with E-state index in [2.05, 4.69) is 64.3 Å². The van der Waals surface area contributed by atoms with E-state index in [0.29, 0.717) is 13.1 Å². The number of aromatic amines is 2. The van der Waals surface area contributed by atoms with Crippen LogP contribution < -0.4 is 10.6 Å². The molecule has 14 nitrogen and oxygen atoms in total. The fourth-order valence-corrected chi connectivity index (χ4v) is 6.33. The molecule has 4 heterocycles. The average Bonchev–Trinajstić information content (AvgIpc) is 3.95. The van der Waals surface area contributed by atoms with Gasteiger partial charge in [-0.2, -0.15) is 0 Å². The number of aromatic nitrogens is 4. The summed E-state index contributed by atoms with van der Waals surface area (Å²) in [5.74, 6) is 1.09. The Morgan fingerprint density at radius 3 is 1.42 bits per heavy atom. The molecule has 4 N–H and O–H groups in total. The van der Waals surface area contributed by atoms with Gasteiger partial charge in [0.2, 0.25) is 11.8 Å². The summed E-state index contributed by atoms with van der Waals surface area (Å²) in [7, 11) is 2.52. The fourth-order valence-electron chi connectivity index (χ4n) is 6.33. The lowest BCUT2D eigenvalue weighted by molar-refractivity contribution is -0.132. The largest absolute Gasteiger partial charge is 0.453 e. The fraction of sp³-hybridized carbons (Fsp3) is 0.353. The molecule has 14 heteroatoms. The van der Waals surface area contributed by atoms with Gasteiger partial charge in [-0.25, -0.2) is 19.6 Å². The summed E-state index contributed by atoms with van der Waals surface area (Å²) in [5.41, 5.74) is 5.78. The summed E-state index contributed by atoms with van der Waals surface area (Å²) >= 11 is 0. The van der Waals surface area contributed by atoms with Crippen molar-refractivity contribution in [1.29, 1.82) is 0 Å². The third-order valence-corrected chi connectivity index (χ3v) is 8.83. The number of carbonyl (C=O) groups is 4. The SMILES string of the molecule is COC(=O)NCC(=O)N1CCC[C@H]1c1ncc(-c2ccc(-c3ccc(-c4cnc([C@@H]5CCCN5C(=O)CNC(=O)OC)[nH]4)cc3)cc2)[nH]1. The molecule has 48 heavy (non-hydrogen) atoms. The number of hydrogen-bond donors (Lipinski definition) is 4. The molecule has 0 bridgehead atoms. The number of H-pyrrole nitrogens is 2. The monoisotopic (exact) mass is 654 g/mol. The number of amides is 4. The van der Waals surface area contributed by atoms with Crippen molar-refractivity contribution in [2.24, 2.45) is 0 Å². The molecule has 6 rings (SSSR count). The number of rotatable bonds is 9. The van der Waals surface area contributed by atoms with Gasteiger partial charge in [-0.1, -0.05) is 48.5 Å². The van der Waals surface area contributed by atoms with Crippen LogP contribution in [0.3, 0.4) is 0 Å². The zero-order valence-electron chi connectivity index (χ0n) is 26.8. The highest BCUT2D eigenvalue weighted by Crippen LogP contribution is 2.34. The first-order valence-electron chi connectivity index (χ1n) is 15.9. The van der Waals surface area contributed by atoms with Crippen molar-refractivity contribution in [2.75, 3.05) is 40.4 Å². The lowest BCUT2D eigenvalue weighted by Crippen LogP contribution is -2.40. The smallest absolute Gasteiger partial charge is 0.407 e. The van der Waals surface area contributed by atoms with Crippen LogP contribution >= 0.6 is 0 Å². The van der Waals surface area contributed by atoms with Crippen molar-refractivity contribution < 1.29 is 28.7 Å². The molecule has 2 fully saturated rings. The molecule has 2 aliphatic rings. The van der Waals surface area contributed by atoms with Crippen molar-refractivity contribution in [3.8, 4) is 33.6 Å². The van der Waals surface area contributed by atoms with Gasteiger partial charge in [0, 0.05) is 13.1 Å². The van der Waals surface area contributed by atoms with E-state index in [4.69, 9.17) is 0 Å². The van der Waals surface area contributed by atoms with Gasteiger partial charge in [-0.3, -0.25) is 9.59 Å². The molecule has 2 saturated heterocycles. The van der Waals surface area contributed by atoms with E-state index in [9.17, 15) is 19.2 Å². The highest BCUT2D eigenvalue weighted by molar-refractivity contribution is 5.83. The van der Waals surface area contributed by atoms with E-state index >= 15 is 0 Å². The molecule has 0 unspecified atom stereocenters. The number of nitrogens with zero attached hydrogens (tertiary/aromatic N) is 4. The highest BCUT2D eigenvalue weighted by atomic mass is 16.5. The molecule has 0 saturated carbocycles. The van der Waals surface area contributed by atoms with E-state index in [0.717, 1.165) is 71.0 Å². The summed E-state index contributed by atoms with van der Waals surface area (Å²) in [6.45, 7) is 0.968. The Hall–Kier alpha value is -5.66. The van der Waals surface area contributed by atoms with Crippen LogP contribution in [0, 0.1) is 0 Å². The van der Waals surface area contributed by atoms with E-state index in [1.807, 2.05) is 24.3 Å². The molecule has 2 aromatic carbocycles. The summed E-state index contributed by atoms with van der Waals surface area (Å²) in [5, 5.41) is 4.91. The normalized spacial score (nSPS) is 17.3. The van der Waals surface area contributed by atoms with Gasteiger partial charge >= 0.3 is 12.2 Å². The van der Waals surface area contributed by atoms with E-state index < -0.39 is 12.2 Å². The molecule has 2 aromatic heterocycles. The standard InChI is InChI=1S/C34H38N8O6/c1-47-33(45)37-19-29(43)41-15-3-5-27(41)31-35-17-25(39-31)23-11-7-21(8-12-23)22-9-13-24(14-10-22)26-18-36-32(40-26)28-6-4-16-42(28)30(44)20-38-34(46)48-2/h7-14,17-18,27-28H,3-6,15-16,19-20H2,1-2H3,(H,35,39)(H,36,40)(H,37,45)(H,38,46)/t27-,28-/m0/s1. The number of nitrogens with one attached hydrogen (secondary N) is 4. The van der Waals surface area contributed by atoms with Gasteiger partial charge in [0.25, 0.3) is 0 Å². The lowest BCUT2D eigenvalue weighted by atomic mass is 10.0. The van der Waals surface area contributed by atoms with Gasteiger partial charge in [0.05, 0.1) is 50.1 Å². The Morgan fingerprint density at radius 2 is 1.04 bits per heavy atom. The molecular formula is C34H38N8O6. The van der Waals surface area contributed by atoms with Gasteiger partial charge in [-0.05, 0) is 47.9 Å². The first-order chi connectivity index (χ1) is 23.3. The second kappa shape index (κ2) is 14.4. The molecule has 4 aromatic rings. The summed E-state index contributed by atoms with van der Waals surface area (Å²) < 4.78 is 9.12. The number of likely N-dealkylation sites (tertiary alicyclic amines) is 2. The molecule has 0 radical (unpaired) electrons. The van der Waals surface area contributed by atoms with E-state index in [-0.39, 0.29) is 37.0 Å². The highest BCUT2D eigenvalue weighted by Gasteiger charge is 2.33. The number of benzene rings is 2. The maximum absolute atomic E-state index is 12.7. The van der Waals surface area contributed by atoms with Crippen molar-refractivity contribution in [2.45, 2.75) is 37.8 Å². The topological polar surface area (TPSA) is 175 Å².